The first kappa shape index (κ1) is 7.28. The molecule has 10 heavy (non-hydrogen) atoms. The van der Waals surface area contributed by atoms with Crippen LogP contribution in [0.1, 0.15) is 5.56 Å². The second-order valence-corrected chi connectivity index (χ2v) is 2.88. The Morgan fingerprint density at radius 1 is 1.50 bits per heavy atom. The molecule has 1 aromatic rings. The highest BCUT2D eigenvalue weighted by molar-refractivity contribution is 7.71. The summed E-state index contributed by atoms with van der Waals surface area (Å²) in [4.78, 5) is 0. The Kier molecular flexibility index (Phi) is 2.45. The van der Waals surface area contributed by atoms with Crippen molar-refractivity contribution in [2.24, 2.45) is 0 Å². The monoisotopic (exact) mass is 155 g/mol. The summed E-state index contributed by atoms with van der Waals surface area (Å²) in [5, 5.41) is 0. The van der Waals surface area contributed by atoms with Crippen LogP contribution < -0.4 is 0 Å². The molecule has 0 unspecified atom stereocenters. The van der Waals surface area contributed by atoms with Crippen LogP contribution in [-0.2, 0) is 16.5 Å². The molecule has 0 saturated carbocycles. The quantitative estimate of drug-likeness (QED) is 0.634. The van der Waals surface area contributed by atoms with Gasteiger partial charge in [0, 0.05) is 0 Å². The molecular formula is C7H7O2S. The van der Waals surface area contributed by atoms with Gasteiger partial charge in [0.25, 0.3) is 0 Å². The lowest BCUT2D eigenvalue weighted by Crippen LogP contribution is -1.84. The molecule has 0 N–H and O–H groups in total. The van der Waals surface area contributed by atoms with Crippen molar-refractivity contribution in [3.8, 4) is 0 Å². The Balaban J connectivity index is 2.77. The molecule has 53 valence electrons. The maximum atomic E-state index is 10.2. The van der Waals surface area contributed by atoms with Gasteiger partial charge in [0.2, 0.25) is 0 Å². The van der Waals surface area contributed by atoms with E-state index in [2.05, 4.69) is 6.07 Å². The molecule has 0 amide bonds. The SMILES string of the molecule is O=[SH](=O)Cc1c[c]ccc1. The van der Waals surface area contributed by atoms with Crippen LogP contribution in [0.3, 0.4) is 0 Å². The zero-order chi connectivity index (χ0) is 7.40. The van der Waals surface area contributed by atoms with E-state index in [0.29, 0.717) is 0 Å². The molecule has 0 saturated heterocycles. The highest BCUT2D eigenvalue weighted by Gasteiger charge is 1.89. The minimum atomic E-state index is -2.30. The number of rotatable bonds is 2. The summed E-state index contributed by atoms with van der Waals surface area (Å²) in [6.45, 7) is 0. The van der Waals surface area contributed by atoms with E-state index in [1.165, 1.54) is 0 Å². The standard InChI is InChI=1S/C7H7O2S/c8-10(9)6-7-4-2-1-3-5-7/h1-2,4-5,10H,6H2. The first-order valence-corrected chi connectivity index (χ1v) is 4.22. The van der Waals surface area contributed by atoms with Crippen molar-refractivity contribution < 1.29 is 8.42 Å². The molecule has 0 fully saturated rings. The van der Waals surface area contributed by atoms with Crippen molar-refractivity contribution in [2.45, 2.75) is 5.75 Å². The van der Waals surface area contributed by atoms with E-state index in [1.54, 1.807) is 24.3 Å². The third-order valence-electron chi connectivity index (χ3n) is 1.08. The largest absolute Gasteiger partial charge is 0.232 e. The van der Waals surface area contributed by atoms with Gasteiger partial charge in [-0.15, -0.1) is 0 Å². The fraction of sp³-hybridized carbons (Fsp3) is 0.143. The van der Waals surface area contributed by atoms with E-state index in [0.717, 1.165) is 5.56 Å². The summed E-state index contributed by atoms with van der Waals surface area (Å²) in [5.41, 5.74) is 0.790. The maximum Gasteiger partial charge on any atom is 0.144 e. The third-order valence-corrected chi connectivity index (χ3v) is 1.71. The molecule has 3 heteroatoms. The molecule has 0 spiro atoms. The molecule has 2 nitrogen and oxygen atoms in total. The molecule has 1 radical (unpaired) electrons. The van der Waals surface area contributed by atoms with Crippen LogP contribution in [0.2, 0.25) is 0 Å². The molecule has 0 bridgehead atoms. The van der Waals surface area contributed by atoms with Gasteiger partial charge in [-0.25, -0.2) is 8.42 Å². The van der Waals surface area contributed by atoms with Crippen molar-refractivity contribution in [3.63, 3.8) is 0 Å². The summed E-state index contributed by atoms with van der Waals surface area (Å²) in [6.07, 6.45) is 0. The fourth-order valence-corrected chi connectivity index (χ4v) is 1.17. The summed E-state index contributed by atoms with van der Waals surface area (Å²) in [6, 6.07) is 9.75. The minimum Gasteiger partial charge on any atom is -0.232 e. The van der Waals surface area contributed by atoms with Gasteiger partial charge in [0.05, 0.1) is 5.75 Å². The van der Waals surface area contributed by atoms with Gasteiger partial charge in [-0.1, -0.05) is 24.3 Å². The summed E-state index contributed by atoms with van der Waals surface area (Å²) >= 11 is 0. The average Bonchev–Trinajstić information content (AvgIpc) is 1.88. The molecule has 0 heterocycles. The Morgan fingerprint density at radius 3 is 2.80 bits per heavy atom. The van der Waals surface area contributed by atoms with Crippen molar-refractivity contribution >= 4 is 10.7 Å². The lowest BCUT2D eigenvalue weighted by molar-refractivity contribution is 0.614. The van der Waals surface area contributed by atoms with E-state index in [4.69, 9.17) is 0 Å². The van der Waals surface area contributed by atoms with Gasteiger partial charge in [0.1, 0.15) is 10.7 Å². The summed E-state index contributed by atoms with van der Waals surface area (Å²) in [5.74, 6) is 0.118. The first-order chi connectivity index (χ1) is 4.79. The molecule has 0 aliphatic carbocycles. The van der Waals surface area contributed by atoms with Gasteiger partial charge in [0.15, 0.2) is 0 Å². The average molecular weight is 155 g/mol. The topological polar surface area (TPSA) is 34.1 Å². The second kappa shape index (κ2) is 3.37. The van der Waals surface area contributed by atoms with E-state index in [1.807, 2.05) is 0 Å². The highest BCUT2D eigenvalue weighted by atomic mass is 32.2. The van der Waals surface area contributed by atoms with E-state index in [9.17, 15) is 8.42 Å². The van der Waals surface area contributed by atoms with E-state index >= 15 is 0 Å². The zero-order valence-electron chi connectivity index (χ0n) is 5.28. The molecule has 0 atom stereocenters. The van der Waals surface area contributed by atoms with Crippen LogP contribution in [0.25, 0.3) is 0 Å². The molecule has 0 aromatic heterocycles. The normalized spacial score (nSPS) is 10.1. The van der Waals surface area contributed by atoms with Gasteiger partial charge < -0.3 is 0 Å². The minimum absolute atomic E-state index is 0.118. The van der Waals surface area contributed by atoms with Crippen LogP contribution in [0, 0.1) is 6.07 Å². The predicted molar refractivity (Wildman–Crippen MR) is 39.3 cm³/mol. The van der Waals surface area contributed by atoms with Crippen molar-refractivity contribution in [3.05, 3.63) is 35.9 Å². The lowest BCUT2D eigenvalue weighted by atomic mass is 10.2. The number of hydrogen-bond acceptors (Lipinski definition) is 2. The molecule has 1 aromatic carbocycles. The van der Waals surface area contributed by atoms with Gasteiger partial charge in [-0.3, -0.25) is 0 Å². The van der Waals surface area contributed by atoms with Gasteiger partial charge >= 0.3 is 0 Å². The fourth-order valence-electron chi connectivity index (χ4n) is 0.678. The van der Waals surface area contributed by atoms with Crippen molar-refractivity contribution in [1.82, 2.24) is 0 Å². The molecule has 0 aliphatic rings. The third kappa shape index (κ3) is 2.19. The van der Waals surface area contributed by atoms with Crippen molar-refractivity contribution in [1.29, 1.82) is 0 Å². The van der Waals surface area contributed by atoms with Crippen molar-refractivity contribution in [2.75, 3.05) is 0 Å². The van der Waals surface area contributed by atoms with Crippen LogP contribution in [-0.4, -0.2) is 8.42 Å². The Bertz CT molecular complexity index is 256. The van der Waals surface area contributed by atoms with Crippen LogP contribution in [0.4, 0.5) is 0 Å². The summed E-state index contributed by atoms with van der Waals surface area (Å²) in [7, 11) is -2.30. The second-order valence-electron chi connectivity index (χ2n) is 1.90. The van der Waals surface area contributed by atoms with Crippen LogP contribution in [0.5, 0.6) is 0 Å². The van der Waals surface area contributed by atoms with Crippen LogP contribution >= 0.6 is 0 Å². The molecule has 0 aliphatic heterocycles. The zero-order valence-corrected chi connectivity index (χ0v) is 6.17. The van der Waals surface area contributed by atoms with Gasteiger partial charge in [-0.2, -0.15) is 0 Å². The van der Waals surface area contributed by atoms with E-state index in [-0.39, 0.29) is 5.75 Å². The highest BCUT2D eigenvalue weighted by Crippen LogP contribution is 1.97. The van der Waals surface area contributed by atoms with E-state index < -0.39 is 10.7 Å². The lowest BCUT2D eigenvalue weighted by Gasteiger charge is -1.89. The Labute approximate surface area is 61.5 Å². The first-order valence-electron chi connectivity index (χ1n) is 2.86. The summed E-state index contributed by atoms with van der Waals surface area (Å²) < 4.78 is 20.4. The Hall–Kier alpha value is -0.830. The van der Waals surface area contributed by atoms with Gasteiger partial charge in [-0.05, 0) is 11.6 Å². The molecule has 1 rings (SSSR count). The number of thiol groups is 1. The smallest absolute Gasteiger partial charge is 0.144 e. The molecular weight excluding hydrogens is 148 g/mol. The number of benzene rings is 1. The van der Waals surface area contributed by atoms with Crippen LogP contribution in [0.15, 0.2) is 24.3 Å². The number of hydrogen-bond donors (Lipinski definition) is 1. The maximum absolute atomic E-state index is 10.2. The predicted octanol–water partition coefficient (Wildman–Crippen LogP) is 0.598. The Morgan fingerprint density at radius 2 is 2.30 bits per heavy atom.